The molecule has 1 saturated heterocycles. The van der Waals surface area contributed by atoms with Crippen LogP contribution in [0.3, 0.4) is 0 Å². The van der Waals surface area contributed by atoms with Crippen molar-refractivity contribution in [3.8, 4) is 0 Å². The number of piperazine rings is 1. The van der Waals surface area contributed by atoms with E-state index in [1.165, 1.54) is 0 Å². The Kier molecular flexibility index (Phi) is 10.7. The van der Waals surface area contributed by atoms with Gasteiger partial charge in [-0.05, 0) is 30.5 Å². The number of nitrogens with one attached hydrogen (secondary N) is 1. The van der Waals surface area contributed by atoms with Crippen molar-refractivity contribution in [1.29, 1.82) is 0 Å². The van der Waals surface area contributed by atoms with E-state index < -0.39 is 5.60 Å². The number of hydrogen-bond acceptors (Lipinski definition) is 3. The molecule has 1 aromatic rings. The smallest absolute Gasteiger partial charge is 0.0723 e. The summed E-state index contributed by atoms with van der Waals surface area (Å²) in [5.74, 6) is 0.101. The average molecular weight is 384 g/mol. The first-order valence-electron chi connectivity index (χ1n) is 8.00. The van der Waals surface area contributed by atoms with Gasteiger partial charge in [-0.2, -0.15) is 0 Å². The molecule has 0 radical (unpaired) electrons. The van der Waals surface area contributed by atoms with Crippen LogP contribution in [0.15, 0.2) is 24.3 Å². The molecule has 1 atom stereocenters. The van der Waals surface area contributed by atoms with Gasteiger partial charge < -0.3 is 15.3 Å². The Bertz CT molecular complexity index is 449. The lowest BCUT2D eigenvalue weighted by Gasteiger charge is -2.39. The molecule has 3 nitrogen and oxygen atoms in total. The number of aliphatic hydroxyl groups is 1. The van der Waals surface area contributed by atoms with Crippen molar-refractivity contribution in [3.63, 3.8) is 0 Å². The Morgan fingerprint density at radius 1 is 1.22 bits per heavy atom. The highest BCUT2D eigenvalue weighted by molar-refractivity contribution is 6.30. The van der Waals surface area contributed by atoms with Gasteiger partial charge in [-0.25, -0.2) is 0 Å². The summed E-state index contributed by atoms with van der Waals surface area (Å²) >= 11 is 6.16. The molecule has 1 aliphatic heterocycles. The van der Waals surface area contributed by atoms with Crippen LogP contribution in [0, 0.1) is 0 Å². The third kappa shape index (κ3) is 6.08. The first kappa shape index (κ1) is 23.0. The van der Waals surface area contributed by atoms with Crippen LogP contribution in [0.4, 0.5) is 0 Å². The molecule has 0 amide bonds. The number of hydrogen-bond donors (Lipinski definition) is 2. The highest BCUT2D eigenvalue weighted by atomic mass is 35.5. The normalized spacial score (nSPS) is 17.0. The maximum Gasteiger partial charge on any atom is 0.0723 e. The lowest BCUT2D eigenvalue weighted by molar-refractivity contribution is -0.00821. The van der Waals surface area contributed by atoms with E-state index in [4.69, 9.17) is 11.6 Å². The summed E-state index contributed by atoms with van der Waals surface area (Å²) in [5.41, 5.74) is 0.475. The topological polar surface area (TPSA) is 35.5 Å². The van der Waals surface area contributed by atoms with Gasteiger partial charge in [0, 0.05) is 43.7 Å². The van der Waals surface area contributed by atoms with E-state index >= 15 is 0 Å². The van der Waals surface area contributed by atoms with Crippen molar-refractivity contribution in [2.45, 2.75) is 38.2 Å². The van der Waals surface area contributed by atoms with Gasteiger partial charge in [0.05, 0.1) is 5.60 Å². The third-order valence-electron chi connectivity index (χ3n) is 4.77. The Labute approximate surface area is 157 Å². The van der Waals surface area contributed by atoms with Crippen LogP contribution in [-0.4, -0.2) is 48.3 Å². The zero-order valence-corrected chi connectivity index (χ0v) is 16.3. The summed E-state index contributed by atoms with van der Waals surface area (Å²) in [7, 11) is 0. The molecule has 1 aliphatic rings. The van der Waals surface area contributed by atoms with Crippen molar-refractivity contribution in [2.75, 3.05) is 32.7 Å². The standard InChI is InChI=1S/C17H27ClN2O.2ClH/c1-3-17(21,4-2)16(13-20-10-8-19-9-11-20)14-6-5-7-15(18)12-14;;/h5-7,12,16,19,21H,3-4,8-11,13H2,1-2H3;2*1H. The molecule has 0 aliphatic carbocycles. The summed E-state index contributed by atoms with van der Waals surface area (Å²) < 4.78 is 0. The van der Waals surface area contributed by atoms with Crippen LogP contribution < -0.4 is 5.32 Å². The Morgan fingerprint density at radius 2 is 1.83 bits per heavy atom. The summed E-state index contributed by atoms with van der Waals surface area (Å²) in [6.07, 6.45) is 1.51. The SMILES string of the molecule is CCC(O)(CC)C(CN1CCNCC1)c1cccc(Cl)c1.Cl.Cl. The van der Waals surface area contributed by atoms with Gasteiger partial charge in [0.15, 0.2) is 0 Å². The molecule has 0 aromatic heterocycles. The molecule has 134 valence electrons. The van der Waals surface area contributed by atoms with Crippen molar-refractivity contribution < 1.29 is 5.11 Å². The van der Waals surface area contributed by atoms with E-state index in [9.17, 15) is 5.11 Å². The van der Waals surface area contributed by atoms with E-state index in [1.807, 2.05) is 18.2 Å². The first-order chi connectivity index (χ1) is 10.1. The zero-order valence-electron chi connectivity index (χ0n) is 13.9. The predicted molar refractivity (Wildman–Crippen MR) is 104 cm³/mol. The van der Waals surface area contributed by atoms with Gasteiger partial charge >= 0.3 is 0 Å². The Morgan fingerprint density at radius 3 is 2.35 bits per heavy atom. The van der Waals surface area contributed by atoms with Crippen LogP contribution in [0.25, 0.3) is 0 Å². The first-order valence-corrected chi connectivity index (χ1v) is 8.37. The lowest BCUT2D eigenvalue weighted by atomic mass is 9.78. The molecule has 1 unspecified atom stereocenters. The summed E-state index contributed by atoms with van der Waals surface area (Å²) in [6.45, 7) is 9.16. The van der Waals surface area contributed by atoms with Gasteiger partial charge in [0.1, 0.15) is 0 Å². The molecule has 1 fully saturated rings. The Balaban J connectivity index is 0.00000242. The van der Waals surface area contributed by atoms with Crippen molar-refractivity contribution >= 4 is 36.4 Å². The van der Waals surface area contributed by atoms with E-state index in [0.29, 0.717) is 0 Å². The molecule has 1 aromatic carbocycles. The molecular weight excluding hydrogens is 355 g/mol. The van der Waals surface area contributed by atoms with Gasteiger partial charge in [-0.15, -0.1) is 24.8 Å². The average Bonchev–Trinajstić information content (AvgIpc) is 2.53. The second-order valence-corrected chi connectivity index (χ2v) is 6.41. The van der Waals surface area contributed by atoms with Crippen LogP contribution in [0.5, 0.6) is 0 Å². The van der Waals surface area contributed by atoms with Gasteiger partial charge in [0.2, 0.25) is 0 Å². The molecule has 2 rings (SSSR count). The second kappa shape index (κ2) is 10.8. The van der Waals surface area contributed by atoms with E-state index in [1.54, 1.807) is 0 Å². The van der Waals surface area contributed by atoms with E-state index in [2.05, 4.69) is 30.1 Å². The summed E-state index contributed by atoms with van der Waals surface area (Å²) in [5, 5.41) is 15.2. The highest BCUT2D eigenvalue weighted by Crippen LogP contribution is 2.35. The lowest BCUT2D eigenvalue weighted by Crippen LogP contribution is -2.48. The van der Waals surface area contributed by atoms with E-state index in [-0.39, 0.29) is 30.7 Å². The molecular formula is C17H29Cl3N2O. The predicted octanol–water partition coefficient (Wildman–Crippen LogP) is 3.72. The summed E-state index contributed by atoms with van der Waals surface area (Å²) in [4.78, 5) is 2.44. The van der Waals surface area contributed by atoms with Crippen LogP contribution in [0.2, 0.25) is 5.02 Å². The molecule has 2 N–H and O–H groups in total. The minimum Gasteiger partial charge on any atom is -0.389 e. The molecule has 23 heavy (non-hydrogen) atoms. The fraction of sp³-hybridized carbons (Fsp3) is 0.647. The van der Waals surface area contributed by atoms with Crippen molar-refractivity contribution in [2.24, 2.45) is 0 Å². The largest absolute Gasteiger partial charge is 0.389 e. The van der Waals surface area contributed by atoms with Crippen molar-refractivity contribution in [3.05, 3.63) is 34.9 Å². The van der Waals surface area contributed by atoms with Crippen molar-refractivity contribution in [1.82, 2.24) is 10.2 Å². The highest BCUT2D eigenvalue weighted by Gasteiger charge is 2.35. The van der Waals surface area contributed by atoms with Crippen LogP contribution >= 0.6 is 36.4 Å². The van der Waals surface area contributed by atoms with Crippen LogP contribution in [0.1, 0.15) is 38.2 Å². The molecule has 0 bridgehead atoms. The number of nitrogens with zero attached hydrogens (tertiary/aromatic N) is 1. The number of halogens is 3. The van der Waals surface area contributed by atoms with Gasteiger partial charge in [0.25, 0.3) is 0 Å². The molecule has 0 spiro atoms. The minimum absolute atomic E-state index is 0. The molecule has 6 heteroatoms. The third-order valence-corrected chi connectivity index (χ3v) is 5.01. The Hall–Kier alpha value is -0.0300. The number of benzene rings is 1. The summed E-state index contributed by atoms with van der Waals surface area (Å²) in [6, 6.07) is 7.97. The zero-order chi connectivity index (χ0) is 15.3. The maximum absolute atomic E-state index is 11.1. The van der Waals surface area contributed by atoms with Crippen LogP contribution in [-0.2, 0) is 0 Å². The van der Waals surface area contributed by atoms with Gasteiger partial charge in [-0.1, -0.05) is 37.6 Å². The minimum atomic E-state index is -0.671. The molecule has 0 saturated carbocycles. The van der Waals surface area contributed by atoms with E-state index in [0.717, 1.165) is 56.2 Å². The van der Waals surface area contributed by atoms with Gasteiger partial charge in [-0.3, -0.25) is 0 Å². The maximum atomic E-state index is 11.1. The fourth-order valence-electron chi connectivity index (χ4n) is 3.20. The molecule has 1 heterocycles. The fourth-order valence-corrected chi connectivity index (χ4v) is 3.40. The monoisotopic (exact) mass is 382 g/mol. The quantitative estimate of drug-likeness (QED) is 0.786. The second-order valence-electron chi connectivity index (χ2n) is 5.97. The number of rotatable bonds is 6.